The van der Waals surface area contributed by atoms with Crippen molar-refractivity contribution in [2.75, 3.05) is 32.1 Å². The number of hydrogen-bond acceptors (Lipinski definition) is 5. The fraction of sp³-hybridized carbons (Fsp3) is 0.312. The predicted molar refractivity (Wildman–Crippen MR) is 89.0 cm³/mol. The average molecular weight is 352 g/mol. The van der Waals surface area contributed by atoms with Crippen LogP contribution in [0.1, 0.15) is 16.8 Å². The molecule has 128 valence electrons. The molecule has 0 radical (unpaired) electrons. The van der Waals surface area contributed by atoms with Crippen molar-refractivity contribution in [2.24, 2.45) is 0 Å². The van der Waals surface area contributed by atoms with Crippen molar-refractivity contribution in [1.29, 1.82) is 0 Å². The van der Waals surface area contributed by atoms with Crippen LogP contribution in [0.2, 0.25) is 5.02 Å². The Morgan fingerprint density at radius 3 is 2.88 bits per heavy atom. The number of benzene rings is 1. The molecule has 24 heavy (non-hydrogen) atoms. The molecule has 1 aromatic heterocycles. The fourth-order valence-electron chi connectivity index (χ4n) is 2.09. The van der Waals surface area contributed by atoms with Crippen LogP contribution in [0.15, 0.2) is 41.1 Å². The molecule has 0 unspecified atom stereocenters. The van der Waals surface area contributed by atoms with Crippen LogP contribution in [0.25, 0.3) is 0 Å². The van der Waals surface area contributed by atoms with E-state index in [9.17, 15) is 9.59 Å². The lowest BCUT2D eigenvalue weighted by Crippen LogP contribution is -2.39. The van der Waals surface area contributed by atoms with Gasteiger partial charge < -0.3 is 19.5 Å². The summed E-state index contributed by atoms with van der Waals surface area (Å²) in [4.78, 5) is 26.2. The molecule has 1 N–H and O–H groups in total. The maximum atomic E-state index is 12.6. The summed E-state index contributed by atoms with van der Waals surface area (Å²) in [5.41, 5.74) is 0.425. The minimum atomic E-state index is -0.364. The second kappa shape index (κ2) is 9.05. The minimum absolute atomic E-state index is 0.109. The number of carbonyl (C=O) groups excluding carboxylic acids is 2. The number of nitrogens with one attached hydrogen (secondary N) is 1. The summed E-state index contributed by atoms with van der Waals surface area (Å²) in [6, 6.07) is 8.13. The largest absolute Gasteiger partial charge is 0.385 e. The van der Waals surface area contributed by atoms with E-state index in [-0.39, 0.29) is 18.4 Å². The maximum Gasteiger partial charge on any atom is 0.254 e. The zero-order chi connectivity index (χ0) is 17.4. The zero-order valence-corrected chi connectivity index (χ0v) is 14.0. The summed E-state index contributed by atoms with van der Waals surface area (Å²) < 4.78 is 9.66. The van der Waals surface area contributed by atoms with Gasteiger partial charge in [0.05, 0.1) is 0 Å². The Hall–Kier alpha value is -2.38. The van der Waals surface area contributed by atoms with Gasteiger partial charge in [-0.1, -0.05) is 22.8 Å². The van der Waals surface area contributed by atoms with Gasteiger partial charge in [-0.05, 0) is 24.6 Å². The summed E-state index contributed by atoms with van der Waals surface area (Å²) in [6.07, 6.45) is 1.96. The van der Waals surface area contributed by atoms with Crippen LogP contribution >= 0.6 is 11.6 Å². The van der Waals surface area contributed by atoms with Gasteiger partial charge in [-0.15, -0.1) is 0 Å². The number of methoxy groups -OCH3 is 1. The van der Waals surface area contributed by atoms with Gasteiger partial charge >= 0.3 is 0 Å². The Morgan fingerprint density at radius 1 is 1.38 bits per heavy atom. The SMILES string of the molecule is COCCCN(CC(=O)Nc1ccon1)C(=O)c1cccc(Cl)c1. The van der Waals surface area contributed by atoms with Crippen molar-refractivity contribution >= 4 is 29.2 Å². The van der Waals surface area contributed by atoms with Crippen LogP contribution < -0.4 is 5.32 Å². The van der Waals surface area contributed by atoms with E-state index in [1.165, 1.54) is 17.2 Å². The summed E-state index contributed by atoms with van der Waals surface area (Å²) in [5.74, 6) is -0.340. The monoisotopic (exact) mass is 351 g/mol. The summed E-state index contributed by atoms with van der Waals surface area (Å²) in [7, 11) is 1.58. The van der Waals surface area contributed by atoms with E-state index in [1.54, 1.807) is 31.4 Å². The number of hydrogen-bond donors (Lipinski definition) is 1. The Labute approximate surface area is 144 Å². The van der Waals surface area contributed by atoms with Crippen molar-refractivity contribution in [1.82, 2.24) is 10.1 Å². The third-order valence-electron chi connectivity index (χ3n) is 3.18. The van der Waals surface area contributed by atoms with Gasteiger partial charge in [0.1, 0.15) is 12.8 Å². The normalized spacial score (nSPS) is 10.4. The molecule has 0 aliphatic carbocycles. The van der Waals surface area contributed by atoms with E-state index >= 15 is 0 Å². The van der Waals surface area contributed by atoms with E-state index in [0.717, 1.165) is 0 Å². The summed E-state index contributed by atoms with van der Waals surface area (Å²) in [5, 5.41) is 6.63. The lowest BCUT2D eigenvalue weighted by Gasteiger charge is -2.22. The number of carbonyl (C=O) groups is 2. The molecule has 0 saturated heterocycles. The van der Waals surface area contributed by atoms with Gasteiger partial charge in [-0.2, -0.15) is 0 Å². The second-order valence-corrected chi connectivity index (χ2v) is 5.45. The van der Waals surface area contributed by atoms with Crippen molar-refractivity contribution in [3.05, 3.63) is 47.2 Å². The molecule has 2 aromatic rings. The number of rotatable bonds is 8. The number of anilines is 1. The molecule has 0 atom stereocenters. The number of nitrogens with zero attached hydrogens (tertiary/aromatic N) is 2. The maximum absolute atomic E-state index is 12.6. The Balaban J connectivity index is 2.05. The zero-order valence-electron chi connectivity index (χ0n) is 13.2. The van der Waals surface area contributed by atoms with Crippen LogP contribution in [0.3, 0.4) is 0 Å². The van der Waals surface area contributed by atoms with Crippen molar-refractivity contribution in [3.63, 3.8) is 0 Å². The Bertz CT molecular complexity index is 676. The molecule has 0 bridgehead atoms. The van der Waals surface area contributed by atoms with Gasteiger partial charge in [0, 0.05) is 36.9 Å². The van der Waals surface area contributed by atoms with Crippen molar-refractivity contribution < 1.29 is 18.8 Å². The number of halogens is 1. The number of ether oxygens (including phenoxy) is 1. The first-order chi connectivity index (χ1) is 11.6. The van der Waals surface area contributed by atoms with E-state index < -0.39 is 0 Å². The lowest BCUT2D eigenvalue weighted by atomic mass is 10.2. The highest BCUT2D eigenvalue weighted by molar-refractivity contribution is 6.31. The number of aromatic nitrogens is 1. The fourth-order valence-corrected chi connectivity index (χ4v) is 2.28. The van der Waals surface area contributed by atoms with Crippen molar-refractivity contribution in [3.8, 4) is 0 Å². The molecule has 8 heteroatoms. The van der Waals surface area contributed by atoms with Gasteiger partial charge in [-0.3, -0.25) is 9.59 Å². The molecule has 0 fully saturated rings. The summed E-state index contributed by atoms with van der Waals surface area (Å²) in [6.45, 7) is 0.761. The third-order valence-corrected chi connectivity index (χ3v) is 3.41. The van der Waals surface area contributed by atoms with E-state index in [0.29, 0.717) is 36.0 Å². The molecular weight excluding hydrogens is 334 g/mol. The first-order valence-electron chi connectivity index (χ1n) is 7.34. The van der Waals surface area contributed by atoms with Gasteiger partial charge in [0.15, 0.2) is 5.82 Å². The van der Waals surface area contributed by atoms with Crippen LogP contribution in [0.5, 0.6) is 0 Å². The minimum Gasteiger partial charge on any atom is -0.385 e. The molecule has 2 amide bonds. The van der Waals surface area contributed by atoms with Crippen LogP contribution in [0, 0.1) is 0 Å². The quantitative estimate of drug-likeness (QED) is 0.738. The Kier molecular flexibility index (Phi) is 6.77. The highest BCUT2D eigenvalue weighted by Gasteiger charge is 2.19. The third kappa shape index (κ3) is 5.36. The molecule has 0 aliphatic rings. The molecule has 0 saturated carbocycles. The first-order valence-corrected chi connectivity index (χ1v) is 7.72. The highest BCUT2D eigenvalue weighted by atomic mass is 35.5. The number of amides is 2. The molecule has 2 rings (SSSR count). The van der Waals surface area contributed by atoms with Gasteiger partial charge in [0.25, 0.3) is 5.91 Å². The average Bonchev–Trinajstić information content (AvgIpc) is 3.06. The van der Waals surface area contributed by atoms with Crippen molar-refractivity contribution in [2.45, 2.75) is 6.42 Å². The molecular formula is C16H18ClN3O4. The topological polar surface area (TPSA) is 84.7 Å². The molecule has 7 nitrogen and oxygen atoms in total. The van der Waals surface area contributed by atoms with Gasteiger partial charge in [0.2, 0.25) is 5.91 Å². The molecule has 1 aromatic carbocycles. The van der Waals surface area contributed by atoms with Gasteiger partial charge in [-0.25, -0.2) is 0 Å². The Morgan fingerprint density at radius 2 is 2.21 bits per heavy atom. The van der Waals surface area contributed by atoms with Crippen LogP contribution in [-0.2, 0) is 9.53 Å². The first kappa shape index (κ1) is 18.0. The second-order valence-electron chi connectivity index (χ2n) is 5.02. The highest BCUT2D eigenvalue weighted by Crippen LogP contribution is 2.13. The standard InChI is InChI=1S/C16H18ClN3O4/c1-23-8-3-7-20(11-15(21)18-14-6-9-24-19-14)16(22)12-4-2-5-13(17)10-12/h2,4-6,9-10H,3,7-8,11H2,1H3,(H,18,19,21). The predicted octanol–water partition coefficient (Wildman–Crippen LogP) is 2.45. The molecule has 0 spiro atoms. The molecule has 0 aliphatic heterocycles. The van der Waals surface area contributed by atoms with Crippen LogP contribution in [-0.4, -0.2) is 48.7 Å². The lowest BCUT2D eigenvalue weighted by molar-refractivity contribution is -0.117. The summed E-state index contributed by atoms with van der Waals surface area (Å²) >= 11 is 5.93. The van der Waals surface area contributed by atoms with Crippen LogP contribution in [0.4, 0.5) is 5.82 Å². The smallest absolute Gasteiger partial charge is 0.254 e. The molecule has 1 heterocycles. The van der Waals surface area contributed by atoms with E-state index in [4.69, 9.17) is 16.3 Å². The van der Waals surface area contributed by atoms with E-state index in [2.05, 4.69) is 15.0 Å². The van der Waals surface area contributed by atoms with E-state index in [1.807, 2.05) is 0 Å².